The Morgan fingerprint density at radius 3 is 2.52 bits per heavy atom. The molecule has 1 aromatic rings. The number of amides is 1. The van der Waals surface area contributed by atoms with Crippen LogP contribution in [0.25, 0.3) is 0 Å². The maximum absolute atomic E-state index is 12.5. The average Bonchev–Trinajstić information content (AvgIpc) is 3.06. The minimum Gasteiger partial charge on any atom is -0.497 e. The van der Waals surface area contributed by atoms with Crippen LogP contribution in [0.1, 0.15) is 50.5 Å². The molecule has 1 heterocycles. The van der Waals surface area contributed by atoms with Gasteiger partial charge in [-0.15, -0.1) is 0 Å². The van der Waals surface area contributed by atoms with Crippen molar-refractivity contribution in [1.82, 2.24) is 9.80 Å². The van der Waals surface area contributed by atoms with Gasteiger partial charge in [-0.2, -0.15) is 0 Å². The summed E-state index contributed by atoms with van der Waals surface area (Å²) < 4.78 is 5.22. The third-order valence-corrected chi connectivity index (χ3v) is 5.75. The van der Waals surface area contributed by atoms with Gasteiger partial charge < -0.3 is 9.64 Å². The zero-order chi connectivity index (χ0) is 17.5. The third-order valence-electron chi connectivity index (χ3n) is 5.75. The molecule has 1 saturated heterocycles. The first-order chi connectivity index (χ1) is 12.2. The molecular weight excluding hydrogens is 312 g/mol. The summed E-state index contributed by atoms with van der Waals surface area (Å²) in [5.41, 5.74) is 1.31. The summed E-state index contributed by atoms with van der Waals surface area (Å²) in [6, 6.07) is 8.31. The normalized spacial score (nSPS) is 19.8. The van der Waals surface area contributed by atoms with Crippen LogP contribution in [0.15, 0.2) is 24.3 Å². The molecule has 138 valence electrons. The molecule has 1 aromatic carbocycles. The van der Waals surface area contributed by atoms with Gasteiger partial charge in [0.25, 0.3) is 0 Å². The Labute approximate surface area is 152 Å². The molecule has 0 unspecified atom stereocenters. The second kappa shape index (κ2) is 9.23. The molecule has 1 aliphatic heterocycles. The fraction of sp³-hybridized carbons (Fsp3) is 0.667. The van der Waals surface area contributed by atoms with E-state index in [1.165, 1.54) is 31.2 Å². The number of rotatable bonds is 6. The number of nitrogens with zero attached hydrogens (tertiary/aromatic N) is 2. The second-order valence-corrected chi connectivity index (χ2v) is 7.55. The van der Waals surface area contributed by atoms with Gasteiger partial charge in [0.15, 0.2) is 0 Å². The largest absolute Gasteiger partial charge is 0.497 e. The topological polar surface area (TPSA) is 32.8 Å². The van der Waals surface area contributed by atoms with Crippen LogP contribution in [-0.2, 0) is 11.3 Å². The van der Waals surface area contributed by atoms with Gasteiger partial charge in [-0.25, -0.2) is 0 Å². The number of hydrogen-bond donors (Lipinski definition) is 0. The van der Waals surface area contributed by atoms with E-state index < -0.39 is 0 Å². The lowest BCUT2D eigenvalue weighted by Gasteiger charge is -2.22. The first-order valence-electron chi connectivity index (χ1n) is 9.87. The number of carbonyl (C=O) groups is 1. The minimum absolute atomic E-state index is 0.373. The summed E-state index contributed by atoms with van der Waals surface area (Å²) in [5.74, 6) is 2.08. The van der Waals surface area contributed by atoms with Crippen molar-refractivity contribution in [2.75, 3.05) is 33.3 Å². The molecule has 4 nitrogen and oxygen atoms in total. The maximum atomic E-state index is 12.5. The lowest BCUT2D eigenvalue weighted by atomic mass is 10.0. The average molecular weight is 344 g/mol. The van der Waals surface area contributed by atoms with E-state index >= 15 is 0 Å². The molecule has 0 atom stereocenters. The fourth-order valence-electron chi connectivity index (χ4n) is 4.15. The van der Waals surface area contributed by atoms with Crippen LogP contribution in [0.3, 0.4) is 0 Å². The molecule has 0 radical (unpaired) electrons. The summed E-state index contributed by atoms with van der Waals surface area (Å²) in [4.78, 5) is 17.1. The highest BCUT2D eigenvalue weighted by Crippen LogP contribution is 2.28. The van der Waals surface area contributed by atoms with E-state index in [0.717, 1.165) is 63.7 Å². The predicted octanol–water partition coefficient (Wildman–Crippen LogP) is 3.70. The van der Waals surface area contributed by atoms with E-state index in [1.54, 1.807) is 7.11 Å². The Morgan fingerprint density at radius 1 is 1.04 bits per heavy atom. The van der Waals surface area contributed by atoms with E-state index in [0.29, 0.717) is 5.91 Å². The Balaban J connectivity index is 1.43. The predicted molar refractivity (Wildman–Crippen MR) is 101 cm³/mol. The van der Waals surface area contributed by atoms with Gasteiger partial charge in [-0.3, -0.25) is 9.69 Å². The van der Waals surface area contributed by atoms with Crippen molar-refractivity contribution in [3.05, 3.63) is 29.8 Å². The van der Waals surface area contributed by atoms with Gasteiger partial charge in [-0.1, -0.05) is 37.8 Å². The maximum Gasteiger partial charge on any atom is 0.222 e. The van der Waals surface area contributed by atoms with Crippen molar-refractivity contribution >= 4 is 5.91 Å². The summed E-state index contributed by atoms with van der Waals surface area (Å²) in [7, 11) is 1.70. The molecule has 2 aliphatic rings. The van der Waals surface area contributed by atoms with Crippen LogP contribution in [0.4, 0.5) is 0 Å². The first-order valence-corrected chi connectivity index (χ1v) is 9.87. The van der Waals surface area contributed by atoms with Crippen molar-refractivity contribution in [2.45, 2.75) is 51.5 Å². The number of ether oxygens (including phenoxy) is 1. The number of methoxy groups -OCH3 is 1. The fourth-order valence-corrected chi connectivity index (χ4v) is 4.15. The van der Waals surface area contributed by atoms with Gasteiger partial charge in [0, 0.05) is 39.1 Å². The van der Waals surface area contributed by atoms with E-state index in [1.807, 2.05) is 12.1 Å². The SMILES string of the molecule is COc1ccc(CN2CCCN(C(=O)CCC3CCCC3)CC2)cc1. The van der Waals surface area contributed by atoms with Crippen molar-refractivity contribution in [3.8, 4) is 5.75 Å². The van der Waals surface area contributed by atoms with Gasteiger partial charge >= 0.3 is 0 Å². The van der Waals surface area contributed by atoms with Crippen LogP contribution in [0.5, 0.6) is 5.75 Å². The highest BCUT2D eigenvalue weighted by Gasteiger charge is 2.21. The van der Waals surface area contributed by atoms with Gasteiger partial charge in [0.2, 0.25) is 5.91 Å². The summed E-state index contributed by atoms with van der Waals surface area (Å²) >= 11 is 0. The lowest BCUT2D eigenvalue weighted by molar-refractivity contribution is -0.131. The summed E-state index contributed by atoms with van der Waals surface area (Å²) in [6.45, 7) is 4.79. The lowest BCUT2D eigenvalue weighted by Crippen LogP contribution is -2.35. The van der Waals surface area contributed by atoms with Crippen LogP contribution >= 0.6 is 0 Å². The highest BCUT2D eigenvalue weighted by atomic mass is 16.5. The molecular formula is C21H32N2O2. The van der Waals surface area contributed by atoms with Crippen molar-refractivity contribution < 1.29 is 9.53 Å². The van der Waals surface area contributed by atoms with Crippen LogP contribution < -0.4 is 4.74 Å². The number of carbonyl (C=O) groups excluding carboxylic acids is 1. The first kappa shape index (κ1) is 18.2. The standard InChI is InChI=1S/C21H32N2O2/c1-25-20-10-7-19(8-11-20)17-22-13-4-14-23(16-15-22)21(24)12-9-18-5-2-3-6-18/h7-8,10-11,18H,2-6,9,12-17H2,1H3. The molecule has 0 spiro atoms. The zero-order valence-corrected chi connectivity index (χ0v) is 15.6. The highest BCUT2D eigenvalue weighted by molar-refractivity contribution is 5.76. The molecule has 0 bridgehead atoms. The van der Waals surface area contributed by atoms with Crippen LogP contribution in [0, 0.1) is 5.92 Å². The molecule has 0 N–H and O–H groups in total. The molecule has 3 rings (SSSR count). The quantitative estimate of drug-likeness (QED) is 0.789. The molecule has 1 aliphatic carbocycles. The molecule has 4 heteroatoms. The smallest absolute Gasteiger partial charge is 0.222 e. The van der Waals surface area contributed by atoms with Crippen molar-refractivity contribution in [2.24, 2.45) is 5.92 Å². The monoisotopic (exact) mass is 344 g/mol. The van der Waals surface area contributed by atoms with E-state index in [2.05, 4.69) is 21.9 Å². The molecule has 1 amide bonds. The van der Waals surface area contributed by atoms with Crippen LogP contribution in [-0.4, -0.2) is 49.0 Å². The minimum atomic E-state index is 0.373. The summed E-state index contributed by atoms with van der Waals surface area (Å²) in [5, 5.41) is 0. The summed E-state index contributed by atoms with van der Waals surface area (Å²) in [6.07, 6.45) is 8.33. The molecule has 2 fully saturated rings. The Kier molecular flexibility index (Phi) is 6.74. The number of hydrogen-bond acceptors (Lipinski definition) is 3. The molecule has 1 saturated carbocycles. The van der Waals surface area contributed by atoms with Crippen molar-refractivity contribution in [1.29, 1.82) is 0 Å². The Morgan fingerprint density at radius 2 is 1.80 bits per heavy atom. The third kappa shape index (κ3) is 5.46. The van der Waals surface area contributed by atoms with E-state index in [9.17, 15) is 4.79 Å². The van der Waals surface area contributed by atoms with E-state index in [-0.39, 0.29) is 0 Å². The molecule has 0 aromatic heterocycles. The number of benzene rings is 1. The van der Waals surface area contributed by atoms with Gasteiger partial charge in [0.1, 0.15) is 5.75 Å². The van der Waals surface area contributed by atoms with Gasteiger partial charge in [-0.05, 0) is 36.5 Å². The Bertz CT molecular complexity index is 537. The van der Waals surface area contributed by atoms with Gasteiger partial charge in [0.05, 0.1) is 7.11 Å². The molecule has 25 heavy (non-hydrogen) atoms. The second-order valence-electron chi connectivity index (χ2n) is 7.55. The van der Waals surface area contributed by atoms with Crippen molar-refractivity contribution in [3.63, 3.8) is 0 Å². The zero-order valence-electron chi connectivity index (χ0n) is 15.6. The van der Waals surface area contributed by atoms with E-state index in [4.69, 9.17) is 4.74 Å². The van der Waals surface area contributed by atoms with Crippen LogP contribution in [0.2, 0.25) is 0 Å². The Hall–Kier alpha value is -1.55.